The molecule has 8 nitrogen and oxygen atoms in total. The predicted octanol–water partition coefficient (Wildman–Crippen LogP) is 0.982. The summed E-state index contributed by atoms with van der Waals surface area (Å²) in [6.07, 6.45) is 2.63. The zero-order valence-electron chi connectivity index (χ0n) is 15.1. The van der Waals surface area contributed by atoms with Gasteiger partial charge in [-0.2, -0.15) is 4.72 Å². The molecule has 144 valence electrons. The fourth-order valence-corrected chi connectivity index (χ4v) is 5.00. The van der Waals surface area contributed by atoms with Crippen LogP contribution in [0.5, 0.6) is 0 Å². The minimum atomic E-state index is -3.89. The molecule has 1 aliphatic carbocycles. The molecule has 1 saturated carbocycles. The molecular formula is C15H27ClN4O4S. The van der Waals surface area contributed by atoms with Gasteiger partial charge in [-0.3, -0.25) is 4.79 Å². The van der Waals surface area contributed by atoms with E-state index in [1.807, 2.05) is 7.05 Å². The fourth-order valence-electron chi connectivity index (χ4n) is 3.25. The summed E-state index contributed by atoms with van der Waals surface area (Å²) in [5, 5.41) is 6.69. The standard InChI is InChI=1S/C15H26N4O4S.ClH/c1-11-13(12(2)23-17-11)24(21,22)18-15(7-5-6-8-15)14(20)19(4)10-9-16-3;/h16,18H,5-10H2,1-4H3;1H. The van der Waals surface area contributed by atoms with Crippen molar-refractivity contribution in [3.8, 4) is 0 Å². The zero-order chi connectivity index (χ0) is 18.0. The molecule has 0 atom stereocenters. The summed E-state index contributed by atoms with van der Waals surface area (Å²) >= 11 is 0. The Kier molecular flexibility index (Phi) is 7.42. The number of likely N-dealkylation sites (N-methyl/N-ethyl adjacent to an activating group) is 2. The first-order chi connectivity index (χ1) is 11.2. The number of nitrogens with one attached hydrogen (secondary N) is 2. The number of halogens is 1. The van der Waals surface area contributed by atoms with Crippen LogP contribution in [0.3, 0.4) is 0 Å². The van der Waals surface area contributed by atoms with Crippen molar-refractivity contribution in [1.82, 2.24) is 20.1 Å². The number of rotatable bonds is 7. The quantitative estimate of drug-likeness (QED) is 0.714. The van der Waals surface area contributed by atoms with Gasteiger partial charge < -0.3 is 14.7 Å². The highest BCUT2D eigenvalue weighted by Gasteiger charge is 2.46. The normalized spacial score (nSPS) is 16.5. The van der Waals surface area contributed by atoms with Crippen molar-refractivity contribution < 1.29 is 17.7 Å². The summed E-state index contributed by atoms with van der Waals surface area (Å²) in [4.78, 5) is 14.5. The number of aryl methyl sites for hydroxylation is 2. The van der Waals surface area contributed by atoms with Gasteiger partial charge in [0.15, 0.2) is 5.76 Å². The smallest absolute Gasteiger partial charge is 0.246 e. The summed E-state index contributed by atoms with van der Waals surface area (Å²) in [5.74, 6) is 0.0368. The second-order valence-corrected chi connectivity index (χ2v) is 8.00. The highest BCUT2D eigenvalue weighted by molar-refractivity contribution is 7.89. The van der Waals surface area contributed by atoms with Crippen LogP contribution in [0.2, 0.25) is 0 Å². The molecular weight excluding hydrogens is 368 g/mol. The van der Waals surface area contributed by atoms with Crippen LogP contribution < -0.4 is 10.0 Å². The summed E-state index contributed by atoms with van der Waals surface area (Å²) in [5.41, 5.74) is -0.790. The highest BCUT2D eigenvalue weighted by Crippen LogP contribution is 2.33. The molecule has 1 aromatic heterocycles. The van der Waals surface area contributed by atoms with Gasteiger partial charge in [-0.1, -0.05) is 18.0 Å². The van der Waals surface area contributed by atoms with Crippen LogP contribution >= 0.6 is 12.4 Å². The molecule has 1 aliphatic rings. The Morgan fingerprint density at radius 2 is 1.92 bits per heavy atom. The lowest BCUT2D eigenvalue weighted by molar-refractivity contribution is -0.136. The molecule has 10 heteroatoms. The molecule has 0 spiro atoms. The van der Waals surface area contributed by atoms with Gasteiger partial charge in [-0.25, -0.2) is 8.42 Å². The van der Waals surface area contributed by atoms with Gasteiger partial charge in [0.2, 0.25) is 15.9 Å². The lowest BCUT2D eigenvalue weighted by Crippen LogP contribution is -2.57. The first kappa shape index (κ1) is 21.9. The predicted molar refractivity (Wildman–Crippen MR) is 96.3 cm³/mol. The number of nitrogens with zero attached hydrogens (tertiary/aromatic N) is 2. The molecule has 25 heavy (non-hydrogen) atoms. The number of aromatic nitrogens is 1. The highest BCUT2D eigenvalue weighted by atomic mass is 35.5. The zero-order valence-corrected chi connectivity index (χ0v) is 16.7. The second kappa shape index (κ2) is 8.48. The van der Waals surface area contributed by atoms with Gasteiger partial charge in [-0.15, -0.1) is 12.4 Å². The Bertz CT molecular complexity index is 679. The van der Waals surface area contributed by atoms with Crippen molar-refractivity contribution in [1.29, 1.82) is 0 Å². The Hall–Kier alpha value is -1.16. The Morgan fingerprint density at radius 1 is 1.32 bits per heavy atom. The first-order valence-corrected chi connectivity index (χ1v) is 9.59. The van der Waals surface area contributed by atoms with Crippen molar-refractivity contribution in [3.63, 3.8) is 0 Å². The fraction of sp³-hybridized carbons (Fsp3) is 0.733. The van der Waals surface area contributed by atoms with Gasteiger partial charge in [0.25, 0.3) is 0 Å². The second-order valence-electron chi connectivity index (χ2n) is 6.38. The van der Waals surface area contributed by atoms with E-state index in [1.54, 1.807) is 25.8 Å². The molecule has 1 heterocycles. The number of hydrogen-bond acceptors (Lipinski definition) is 6. The Balaban J connectivity index is 0.00000312. The van der Waals surface area contributed by atoms with E-state index < -0.39 is 15.6 Å². The van der Waals surface area contributed by atoms with Gasteiger partial charge >= 0.3 is 0 Å². The van der Waals surface area contributed by atoms with E-state index >= 15 is 0 Å². The maximum Gasteiger partial charge on any atom is 0.246 e. The molecule has 0 radical (unpaired) electrons. The van der Waals surface area contributed by atoms with E-state index in [-0.39, 0.29) is 29.0 Å². The van der Waals surface area contributed by atoms with Crippen molar-refractivity contribution >= 4 is 28.3 Å². The van der Waals surface area contributed by atoms with Crippen molar-refractivity contribution in [2.24, 2.45) is 0 Å². The molecule has 1 fully saturated rings. The maximum absolute atomic E-state index is 12.9. The van der Waals surface area contributed by atoms with Crippen LogP contribution in [0, 0.1) is 13.8 Å². The van der Waals surface area contributed by atoms with Gasteiger partial charge in [0, 0.05) is 20.1 Å². The SMILES string of the molecule is CNCCN(C)C(=O)C1(NS(=O)(=O)c2c(C)noc2C)CCCC1.Cl. The van der Waals surface area contributed by atoms with Crippen molar-refractivity contribution in [2.75, 3.05) is 27.2 Å². The van der Waals surface area contributed by atoms with Crippen LogP contribution in [0.15, 0.2) is 9.42 Å². The van der Waals surface area contributed by atoms with Crippen LogP contribution in [0.1, 0.15) is 37.1 Å². The average Bonchev–Trinajstić information content (AvgIpc) is 3.11. The summed E-state index contributed by atoms with van der Waals surface area (Å²) < 4.78 is 33.3. The third-order valence-electron chi connectivity index (χ3n) is 4.48. The molecule has 1 amide bonds. The molecule has 0 bridgehead atoms. The number of hydrogen-bond donors (Lipinski definition) is 2. The van der Waals surface area contributed by atoms with E-state index in [1.165, 1.54) is 0 Å². The molecule has 0 unspecified atom stereocenters. The number of carbonyl (C=O) groups excluding carboxylic acids is 1. The number of carbonyl (C=O) groups is 1. The van der Waals surface area contributed by atoms with Gasteiger partial charge in [0.1, 0.15) is 16.1 Å². The van der Waals surface area contributed by atoms with E-state index in [2.05, 4.69) is 15.2 Å². The van der Waals surface area contributed by atoms with Crippen LogP contribution in [-0.4, -0.2) is 57.1 Å². The Labute approximate surface area is 155 Å². The van der Waals surface area contributed by atoms with Crippen molar-refractivity contribution in [2.45, 2.75) is 50.0 Å². The van der Waals surface area contributed by atoms with E-state index in [9.17, 15) is 13.2 Å². The molecule has 0 saturated heterocycles. The van der Waals surface area contributed by atoms with Crippen LogP contribution in [0.25, 0.3) is 0 Å². The third-order valence-corrected chi connectivity index (χ3v) is 6.26. The van der Waals surface area contributed by atoms with Gasteiger partial charge in [-0.05, 0) is 33.7 Å². The minimum Gasteiger partial charge on any atom is -0.360 e. The monoisotopic (exact) mass is 394 g/mol. The van der Waals surface area contributed by atoms with E-state index in [0.29, 0.717) is 31.6 Å². The van der Waals surface area contributed by atoms with Gasteiger partial charge in [0.05, 0.1) is 0 Å². The molecule has 2 rings (SSSR count). The lowest BCUT2D eigenvalue weighted by Gasteiger charge is -2.33. The average molecular weight is 395 g/mol. The number of amides is 1. The van der Waals surface area contributed by atoms with Crippen LogP contribution in [-0.2, 0) is 14.8 Å². The topological polar surface area (TPSA) is 105 Å². The lowest BCUT2D eigenvalue weighted by atomic mass is 9.97. The van der Waals surface area contributed by atoms with Crippen LogP contribution in [0.4, 0.5) is 0 Å². The summed E-state index contributed by atoms with van der Waals surface area (Å²) in [6, 6.07) is 0. The maximum atomic E-state index is 12.9. The summed E-state index contributed by atoms with van der Waals surface area (Å²) in [7, 11) is -0.381. The molecule has 0 aliphatic heterocycles. The molecule has 1 aromatic rings. The number of sulfonamides is 1. The first-order valence-electron chi connectivity index (χ1n) is 8.10. The Morgan fingerprint density at radius 3 is 2.40 bits per heavy atom. The largest absolute Gasteiger partial charge is 0.360 e. The van der Waals surface area contributed by atoms with E-state index in [4.69, 9.17) is 4.52 Å². The molecule has 0 aromatic carbocycles. The third kappa shape index (κ3) is 4.52. The molecule has 2 N–H and O–H groups in total. The van der Waals surface area contributed by atoms with Crippen molar-refractivity contribution in [3.05, 3.63) is 11.5 Å². The van der Waals surface area contributed by atoms with E-state index in [0.717, 1.165) is 12.8 Å². The summed E-state index contributed by atoms with van der Waals surface area (Å²) in [6.45, 7) is 4.29. The minimum absolute atomic E-state index is 0.